The minimum Gasteiger partial charge on any atom is -0.394 e. The van der Waals surface area contributed by atoms with Crippen LogP contribution in [0.3, 0.4) is 0 Å². The molecule has 2 atom stereocenters. The number of benzene rings is 1. The van der Waals surface area contributed by atoms with Crippen LogP contribution in [0.5, 0.6) is 0 Å². The topological polar surface area (TPSA) is 32.3 Å². The molecule has 0 aliphatic heterocycles. The lowest BCUT2D eigenvalue weighted by Gasteiger charge is -2.24. The maximum absolute atomic E-state index is 9.56. The summed E-state index contributed by atoms with van der Waals surface area (Å²) < 4.78 is 0. The lowest BCUT2D eigenvalue weighted by atomic mass is 10.0. The molecule has 2 nitrogen and oxygen atoms in total. The van der Waals surface area contributed by atoms with Gasteiger partial charge in [-0.05, 0) is 31.2 Å². The van der Waals surface area contributed by atoms with Crippen molar-refractivity contribution in [2.24, 2.45) is 0 Å². The molecule has 19 heavy (non-hydrogen) atoms. The average Bonchev–Trinajstić information content (AvgIpc) is 2.45. The molecular weight excluding hydrogens is 234 g/mol. The van der Waals surface area contributed by atoms with Gasteiger partial charge in [-0.25, -0.2) is 0 Å². The van der Waals surface area contributed by atoms with Gasteiger partial charge in [0.1, 0.15) is 0 Å². The van der Waals surface area contributed by atoms with Crippen molar-refractivity contribution in [2.45, 2.75) is 37.8 Å². The summed E-state index contributed by atoms with van der Waals surface area (Å²) >= 11 is 0. The first-order valence-corrected chi connectivity index (χ1v) is 6.95. The first-order valence-electron chi connectivity index (χ1n) is 6.95. The van der Waals surface area contributed by atoms with E-state index in [1.165, 1.54) is 0 Å². The van der Waals surface area contributed by atoms with E-state index in [1.807, 2.05) is 42.5 Å². The standard InChI is InChI=1S/C17H25NO/c1-3-5-7-13-16(10-4-2)18-17(14-19)15-11-8-6-9-12-15/h3-4,6,8-9,11-12,16-19H,1-2,5,7,10,13-14H2/t16-,17+/m0/s1. The molecule has 0 heterocycles. The molecule has 0 bridgehead atoms. The summed E-state index contributed by atoms with van der Waals surface area (Å²) in [7, 11) is 0. The fourth-order valence-electron chi connectivity index (χ4n) is 2.20. The van der Waals surface area contributed by atoms with Gasteiger partial charge in [0.05, 0.1) is 12.6 Å². The summed E-state index contributed by atoms with van der Waals surface area (Å²) in [6.07, 6.45) is 8.02. The summed E-state index contributed by atoms with van der Waals surface area (Å²) in [4.78, 5) is 0. The van der Waals surface area contributed by atoms with Crippen LogP contribution in [0.25, 0.3) is 0 Å². The second-order valence-electron chi connectivity index (χ2n) is 4.75. The Morgan fingerprint density at radius 1 is 1.16 bits per heavy atom. The third-order valence-electron chi connectivity index (χ3n) is 3.23. The second-order valence-corrected chi connectivity index (χ2v) is 4.75. The lowest BCUT2D eigenvalue weighted by Crippen LogP contribution is -2.34. The van der Waals surface area contributed by atoms with Gasteiger partial charge >= 0.3 is 0 Å². The van der Waals surface area contributed by atoms with E-state index in [0.717, 1.165) is 31.2 Å². The Balaban J connectivity index is 2.59. The third-order valence-corrected chi connectivity index (χ3v) is 3.23. The summed E-state index contributed by atoms with van der Waals surface area (Å²) in [5.41, 5.74) is 1.13. The highest BCUT2D eigenvalue weighted by Crippen LogP contribution is 2.16. The number of aliphatic hydroxyl groups is 1. The predicted octanol–water partition coefficient (Wildman–Crippen LogP) is 3.61. The monoisotopic (exact) mass is 259 g/mol. The van der Waals surface area contributed by atoms with Gasteiger partial charge in [0.2, 0.25) is 0 Å². The van der Waals surface area contributed by atoms with E-state index in [2.05, 4.69) is 18.5 Å². The second kappa shape index (κ2) is 9.54. The van der Waals surface area contributed by atoms with Crippen molar-refractivity contribution in [1.82, 2.24) is 5.32 Å². The van der Waals surface area contributed by atoms with Crippen LogP contribution in [-0.2, 0) is 0 Å². The zero-order valence-corrected chi connectivity index (χ0v) is 11.6. The third kappa shape index (κ3) is 5.86. The Morgan fingerprint density at radius 3 is 2.47 bits per heavy atom. The highest BCUT2D eigenvalue weighted by Gasteiger charge is 2.14. The molecule has 0 spiro atoms. The van der Waals surface area contributed by atoms with Gasteiger partial charge in [-0.2, -0.15) is 0 Å². The zero-order valence-electron chi connectivity index (χ0n) is 11.6. The number of hydrogen-bond acceptors (Lipinski definition) is 2. The molecule has 1 aromatic carbocycles. The molecule has 0 fully saturated rings. The van der Waals surface area contributed by atoms with E-state index in [4.69, 9.17) is 0 Å². The predicted molar refractivity (Wildman–Crippen MR) is 82.1 cm³/mol. The van der Waals surface area contributed by atoms with E-state index in [9.17, 15) is 5.11 Å². The lowest BCUT2D eigenvalue weighted by molar-refractivity contribution is 0.230. The SMILES string of the molecule is C=CCCC[C@H](CC=C)N[C@H](CO)c1ccccc1. The molecule has 1 aromatic rings. The summed E-state index contributed by atoms with van der Waals surface area (Å²) in [6.45, 7) is 7.67. The van der Waals surface area contributed by atoms with E-state index in [1.54, 1.807) is 0 Å². The molecule has 0 aliphatic rings. The smallest absolute Gasteiger partial charge is 0.0626 e. The molecule has 0 unspecified atom stereocenters. The molecule has 1 rings (SSSR count). The van der Waals surface area contributed by atoms with Gasteiger partial charge in [0, 0.05) is 6.04 Å². The number of unbranched alkanes of at least 4 members (excludes halogenated alkanes) is 1. The van der Waals surface area contributed by atoms with Crippen molar-refractivity contribution in [3.05, 3.63) is 61.2 Å². The van der Waals surface area contributed by atoms with Crippen LogP contribution < -0.4 is 5.32 Å². The summed E-state index contributed by atoms with van der Waals surface area (Å²) in [6, 6.07) is 10.4. The highest BCUT2D eigenvalue weighted by molar-refractivity contribution is 5.19. The van der Waals surface area contributed by atoms with Gasteiger partial charge in [-0.3, -0.25) is 0 Å². The van der Waals surface area contributed by atoms with E-state index in [-0.39, 0.29) is 12.6 Å². The molecule has 0 saturated carbocycles. The van der Waals surface area contributed by atoms with Gasteiger partial charge in [0.25, 0.3) is 0 Å². The van der Waals surface area contributed by atoms with Gasteiger partial charge in [-0.1, -0.05) is 42.5 Å². The van der Waals surface area contributed by atoms with Crippen LogP contribution in [-0.4, -0.2) is 17.8 Å². The van der Waals surface area contributed by atoms with Crippen molar-refractivity contribution in [3.8, 4) is 0 Å². The quantitative estimate of drug-likeness (QED) is 0.497. The maximum Gasteiger partial charge on any atom is 0.0626 e. The number of rotatable bonds is 10. The minimum absolute atomic E-state index is 0.00474. The Kier molecular flexibility index (Phi) is 7.87. The van der Waals surface area contributed by atoms with E-state index >= 15 is 0 Å². The zero-order chi connectivity index (χ0) is 13.9. The minimum atomic E-state index is -0.00474. The molecule has 104 valence electrons. The van der Waals surface area contributed by atoms with E-state index < -0.39 is 0 Å². The Hall–Kier alpha value is -1.38. The molecule has 2 heteroatoms. The molecule has 0 aliphatic carbocycles. The largest absolute Gasteiger partial charge is 0.394 e. The van der Waals surface area contributed by atoms with Crippen LogP contribution in [0.1, 0.15) is 37.3 Å². The van der Waals surface area contributed by atoms with Crippen molar-refractivity contribution in [1.29, 1.82) is 0 Å². The van der Waals surface area contributed by atoms with E-state index in [0.29, 0.717) is 6.04 Å². The Morgan fingerprint density at radius 2 is 1.89 bits per heavy atom. The van der Waals surface area contributed by atoms with Crippen LogP contribution in [0.4, 0.5) is 0 Å². The molecule has 0 radical (unpaired) electrons. The van der Waals surface area contributed by atoms with Crippen molar-refractivity contribution in [2.75, 3.05) is 6.61 Å². The van der Waals surface area contributed by atoms with Crippen molar-refractivity contribution in [3.63, 3.8) is 0 Å². The molecular formula is C17H25NO. The van der Waals surface area contributed by atoms with Crippen LogP contribution in [0.2, 0.25) is 0 Å². The van der Waals surface area contributed by atoms with Crippen molar-refractivity contribution >= 4 is 0 Å². The number of aliphatic hydroxyl groups excluding tert-OH is 1. The van der Waals surface area contributed by atoms with Gasteiger partial charge in [0.15, 0.2) is 0 Å². The molecule has 2 N–H and O–H groups in total. The fraction of sp³-hybridized carbons (Fsp3) is 0.412. The van der Waals surface area contributed by atoms with Gasteiger partial charge in [-0.15, -0.1) is 13.2 Å². The average molecular weight is 259 g/mol. The number of allylic oxidation sites excluding steroid dienone is 1. The van der Waals surface area contributed by atoms with Crippen LogP contribution in [0, 0.1) is 0 Å². The van der Waals surface area contributed by atoms with Crippen LogP contribution in [0.15, 0.2) is 55.6 Å². The number of nitrogens with one attached hydrogen (secondary N) is 1. The van der Waals surface area contributed by atoms with Crippen molar-refractivity contribution < 1.29 is 5.11 Å². The molecule has 0 amide bonds. The Labute approximate surface area is 116 Å². The Bertz CT molecular complexity index is 361. The summed E-state index contributed by atoms with van der Waals surface area (Å²) in [5, 5.41) is 13.1. The fourth-order valence-corrected chi connectivity index (χ4v) is 2.20. The van der Waals surface area contributed by atoms with Gasteiger partial charge < -0.3 is 10.4 Å². The van der Waals surface area contributed by atoms with Crippen LogP contribution >= 0.6 is 0 Å². The first-order chi connectivity index (χ1) is 9.31. The maximum atomic E-state index is 9.56. The normalized spacial score (nSPS) is 13.7. The molecule has 0 saturated heterocycles. The first kappa shape index (κ1) is 15.7. The summed E-state index contributed by atoms with van der Waals surface area (Å²) in [5.74, 6) is 0. The highest BCUT2D eigenvalue weighted by atomic mass is 16.3. The molecule has 0 aromatic heterocycles. The number of hydrogen-bond donors (Lipinski definition) is 2.